The Kier molecular flexibility index (Phi) is 5.11. The van der Waals surface area contributed by atoms with Gasteiger partial charge in [0, 0.05) is 39.0 Å². The van der Waals surface area contributed by atoms with Crippen LogP contribution in [0, 0.1) is 24.6 Å². The highest BCUT2D eigenvalue weighted by Gasteiger charge is 2.48. The topological polar surface area (TPSA) is 32.8 Å². The summed E-state index contributed by atoms with van der Waals surface area (Å²) in [5.74, 6) is 1.61. The van der Waals surface area contributed by atoms with E-state index in [1.807, 2.05) is 30.0 Å². The van der Waals surface area contributed by atoms with Crippen LogP contribution < -0.4 is 4.74 Å². The van der Waals surface area contributed by atoms with Gasteiger partial charge in [-0.3, -0.25) is 9.69 Å². The first kappa shape index (κ1) is 18.9. The second kappa shape index (κ2) is 7.55. The predicted octanol–water partition coefficient (Wildman–Crippen LogP) is 3.79. The highest BCUT2D eigenvalue weighted by molar-refractivity contribution is 5.74. The van der Waals surface area contributed by atoms with Gasteiger partial charge >= 0.3 is 0 Å². The van der Waals surface area contributed by atoms with Crippen molar-refractivity contribution in [2.45, 2.75) is 26.4 Å². The Morgan fingerprint density at radius 2 is 1.89 bits per heavy atom. The number of hydrogen-bond acceptors (Lipinski definition) is 3. The molecular weight excluding hydrogens is 355 g/mol. The van der Waals surface area contributed by atoms with Crippen LogP contribution in [0.2, 0.25) is 0 Å². The first-order valence-corrected chi connectivity index (χ1v) is 9.85. The van der Waals surface area contributed by atoms with Crippen LogP contribution in [0.15, 0.2) is 42.5 Å². The maximum atomic E-state index is 13.7. The van der Waals surface area contributed by atoms with Crippen molar-refractivity contribution < 1.29 is 13.9 Å². The fourth-order valence-electron chi connectivity index (χ4n) is 4.87. The van der Waals surface area contributed by atoms with E-state index in [0.717, 1.165) is 48.6 Å². The van der Waals surface area contributed by atoms with Crippen LogP contribution in [0.3, 0.4) is 0 Å². The van der Waals surface area contributed by atoms with Gasteiger partial charge in [0.25, 0.3) is 0 Å². The van der Waals surface area contributed by atoms with Crippen molar-refractivity contribution in [2.75, 3.05) is 26.7 Å². The molecule has 2 aliphatic heterocycles. The number of ether oxygens (including phenoxy) is 1. The number of carbonyl (C=O) groups excluding carboxylic acids is 1. The molecule has 4 nitrogen and oxygen atoms in total. The van der Waals surface area contributed by atoms with Crippen molar-refractivity contribution in [2.24, 2.45) is 11.8 Å². The molecule has 3 atom stereocenters. The molecule has 0 aliphatic carbocycles. The zero-order valence-corrected chi connectivity index (χ0v) is 16.7. The second-order valence-electron chi connectivity index (χ2n) is 8.08. The minimum absolute atomic E-state index is 0.0898. The Morgan fingerprint density at radius 1 is 1.14 bits per heavy atom. The molecule has 1 amide bonds. The molecule has 2 aromatic carbocycles. The summed E-state index contributed by atoms with van der Waals surface area (Å²) in [6, 6.07) is 13.2. The smallest absolute Gasteiger partial charge is 0.219 e. The quantitative estimate of drug-likeness (QED) is 0.807. The van der Waals surface area contributed by atoms with Crippen LogP contribution in [-0.2, 0) is 11.3 Å². The molecule has 0 N–H and O–H groups in total. The van der Waals surface area contributed by atoms with Gasteiger partial charge in [0.15, 0.2) is 0 Å². The lowest BCUT2D eigenvalue weighted by atomic mass is 9.89. The third-order valence-electron chi connectivity index (χ3n) is 6.31. The number of fused-ring (bicyclic) bond motifs is 1. The van der Waals surface area contributed by atoms with Gasteiger partial charge in [0.05, 0.1) is 13.2 Å². The molecule has 2 aromatic rings. The predicted molar refractivity (Wildman–Crippen MR) is 107 cm³/mol. The number of amides is 1. The number of benzene rings is 2. The minimum atomic E-state index is -0.182. The van der Waals surface area contributed by atoms with Gasteiger partial charge in [-0.25, -0.2) is 4.39 Å². The molecule has 2 saturated heterocycles. The van der Waals surface area contributed by atoms with Gasteiger partial charge in [-0.1, -0.05) is 18.2 Å². The highest BCUT2D eigenvalue weighted by Crippen LogP contribution is 2.45. The summed E-state index contributed by atoms with van der Waals surface area (Å²) in [5, 5.41) is 0. The van der Waals surface area contributed by atoms with Crippen LogP contribution in [0.25, 0.3) is 0 Å². The average molecular weight is 382 g/mol. The zero-order valence-electron chi connectivity index (χ0n) is 16.7. The van der Waals surface area contributed by atoms with Crippen molar-refractivity contribution in [1.29, 1.82) is 0 Å². The number of aryl methyl sites for hydroxylation is 1. The van der Waals surface area contributed by atoms with Crippen LogP contribution in [0.1, 0.15) is 29.7 Å². The van der Waals surface area contributed by atoms with Crippen molar-refractivity contribution in [3.63, 3.8) is 0 Å². The molecule has 148 valence electrons. The van der Waals surface area contributed by atoms with E-state index in [4.69, 9.17) is 4.74 Å². The monoisotopic (exact) mass is 382 g/mol. The maximum absolute atomic E-state index is 13.7. The third-order valence-corrected chi connectivity index (χ3v) is 6.31. The average Bonchev–Trinajstić information content (AvgIpc) is 3.22. The summed E-state index contributed by atoms with van der Waals surface area (Å²) in [4.78, 5) is 16.7. The molecular formula is C23H27FN2O2. The number of hydrogen-bond donors (Lipinski definition) is 0. The molecule has 0 spiro atoms. The summed E-state index contributed by atoms with van der Waals surface area (Å²) in [7, 11) is 1.66. The number of nitrogens with zero attached hydrogens (tertiary/aromatic N) is 2. The molecule has 0 radical (unpaired) electrons. The van der Waals surface area contributed by atoms with Gasteiger partial charge < -0.3 is 9.64 Å². The molecule has 0 saturated carbocycles. The van der Waals surface area contributed by atoms with Crippen molar-refractivity contribution >= 4 is 5.91 Å². The minimum Gasteiger partial charge on any atom is -0.497 e. The fraction of sp³-hybridized carbons (Fsp3) is 0.435. The zero-order chi connectivity index (χ0) is 19.8. The first-order chi connectivity index (χ1) is 13.5. The van der Waals surface area contributed by atoms with Crippen LogP contribution in [0.5, 0.6) is 5.75 Å². The van der Waals surface area contributed by atoms with Gasteiger partial charge in [-0.2, -0.15) is 0 Å². The molecule has 28 heavy (non-hydrogen) atoms. The molecule has 4 rings (SSSR count). The molecule has 2 heterocycles. The number of methoxy groups -OCH3 is 1. The Balaban J connectivity index is 1.55. The normalized spacial score (nSPS) is 24.4. The van der Waals surface area contributed by atoms with E-state index in [0.29, 0.717) is 11.8 Å². The van der Waals surface area contributed by atoms with Crippen LogP contribution in [-0.4, -0.2) is 42.5 Å². The van der Waals surface area contributed by atoms with E-state index in [1.165, 1.54) is 6.07 Å². The number of carbonyl (C=O) groups is 1. The number of likely N-dealkylation sites (tertiary alicyclic amines) is 2. The summed E-state index contributed by atoms with van der Waals surface area (Å²) in [5.41, 5.74) is 3.33. The Hall–Kier alpha value is -2.40. The Bertz CT molecular complexity index is 867. The fourth-order valence-corrected chi connectivity index (χ4v) is 4.87. The van der Waals surface area contributed by atoms with Crippen LogP contribution in [0.4, 0.5) is 4.39 Å². The van der Waals surface area contributed by atoms with Gasteiger partial charge in [-0.05, 0) is 53.8 Å². The van der Waals surface area contributed by atoms with E-state index >= 15 is 0 Å². The highest BCUT2D eigenvalue weighted by atomic mass is 19.1. The number of rotatable bonds is 4. The van der Waals surface area contributed by atoms with E-state index in [-0.39, 0.29) is 17.8 Å². The van der Waals surface area contributed by atoms with Crippen LogP contribution >= 0.6 is 0 Å². The largest absolute Gasteiger partial charge is 0.497 e. The number of halogens is 1. The maximum Gasteiger partial charge on any atom is 0.219 e. The van der Waals surface area contributed by atoms with E-state index in [2.05, 4.69) is 17.0 Å². The summed E-state index contributed by atoms with van der Waals surface area (Å²) in [6.07, 6.45) is 0. The van der Waals surface area contributed by atoms with Crippen molar-refractivity contribution in [1.82, 2.24) is 9.80 Å². The molecule has 0 bridgehead atoms. The Morgan fingerprint density at radius 3 is 2.57 bits per heavy atom. The molecule has 2 aliphatic rings. The standard InChI is InChI=1S/C23H27FN2O2/c1-15-4-7-20(24)10-18(15)11-25-12-19-13-26(16(2)27)23(22(19)14-25)17-5-8-21(28-3)9-6-17/h4-10,19,22-23H,11-14H2,1-3H3/t19-,22-,23+/m1/s1. The van der Waals surface area contributed by atoms with Crippen molar-refractivity contribution in [3.8, 4) is 5.75 Å². The van der Waals surface area contributed by atoms with Gasteiger partial charge in [0.2, 0.25) is 5.91 Å². The second-order valence-corrected chi connectivity index (χ2v) is 8.08. The van der Waals surface area contributed by atoms with E-state index in [9.17, 15) is 9.18 Å². The Labute approximate surface area is 165 Å². The summed E-state index contributed by atoms with van der Waals surface area (Å²) >= 11 is 0. The lowest BCUT2D eigenvalue weighted by Crippen LogP contribution is -2.34. The van der Waals surface area contributed by atoms with Gasteiger partial charge in [-0.15, -0.1) is 0 Å². The van der Waals surface area contributed by atoms with E-state index in [1.54, 1.807) is 20.1 Å². The lowest BCUT2D eigenvalue weighted by Gasteiger charge is -2.29. The molecule has 5 heteroatoms. The third kappa shape index (κ3) is 3.51. The molecule has 2 fully saturated rings. The summed E-state index contributed by atoms with van der Waals surface area (Å²) < 4.78 is 18.9. The first-order valence-electron chi connectivity index (χ1n) is 9.85. The SMILES string of the molecule is COc1ccc([C@H]2[C@@H]3CN(Cc4cc(F)ccc4C)C[C@@H]3CN2C(C)=O)cc1. The summed E-state index contributed by atoms with van der Waals surface area (Å²) in [6.45, 7) is 7.09. The van der Waals surface area contributed by atoms with Crippen molar-refractivity contribution in [3.05, 3.63) is 65.0 Å². The molecule has 0 unspecified atom stereocenters. The molecule has 0 aromatic heterocycles. The van der Waals surface area contributed by atoms with E-state index < -0.39 is 0 Å². The van der Waals surface area contributed by atoms with Gasteiger partial charge in [0.1, 0.15) is 11.6 Å². The lowest BCUT2D eigenvalue weighted by molar-refractivity contribution is -0.130.